The van der Waals surface area contributed by atoms with Gasteiger partial charge in [-0.25, -0.2) is 4.79 Å². The number of carboxylic acid groups (broad SMARTS) is 1. The van der Waals surface area contributed by atoms with Crippen LogP contribution in [0.4, 0.5) is 17.1 Å². The number of carboxylic acids is 1. The molecule has 0 spiro atoms. The smallest absolute Gasteiger partial charge is 0.346 e. The molecule has 4 aromatic carbocycles. The van der Waals surface area contributed by atoms with Gasteiger partial charge in [-0.1, -0.05) is 90.5 Å². The zero-order valence-corrected chi connectivity index (χ0v) is 38.8. The lowest BCUT2D eigenvalue weighted by Crippen LogP contribution is -2.12. The van der Waals surface area contributed by atoms with Gasteiger partial charge in [0.2, 0.25) is 0 Å². The van der Waals surface area contributed by atoms with Crippen LogP contribution in [0.25, 0.3) is 48.4 Å². The molecular weight excluding hydrogens is 841 g/mol. The van der Waals surface area contributed by atoms with Gasteiger partial charge >= 0.3 is 5.97 Å². The predicted octanol–water partition coefficient (Wildman–Crippen LogP) is 15.5. The zero-order valence-electron chi connectivity index (χ0n) is 36.4. The van der Waals surface area contributed by atoms with Gasteiger partial charge in [-0.05, 0) is 121 Å². The summed E-state index contributed by atoms with van der Waals surface area (Å²) >= 11 is 4.30. The first-order valence-electron chi connectivity index (χ1n) is 22.0. The number of unbranched alkanes of at least 4 members (excludes halogenated alkanes) is 2. The van der Waals surface area contributed by atoms with E-state index in [4.69, 9.17) is 13.8 Å². The largest absolute Gasteiger partial charge is 0.493 e. The number of carbonyl (C=O) groups is 1. The summed E-state index contributed by atoms with van der Waals surface area (Å²) < 4.78 is 22.0. The molecule has 8 nitrogen and oxygen atoms in total. The van der Waals surface area contributed by atoms with Crippen LogP contribution in [-0.2, 0) is 4.79 Å². The summed E-state index contributed by atoms with van der Waals surface area (Å²) in [7, 11) is 0. The SMILES string of the molecule is CCCCC(CC)COc1ccc(N(c2ccc(OCC(CC)CCCC)cc2)c2ccc(-c3ccc(-c4ccc(-c5ccc(/C=C(/C#N)C(=O)O)s5)c5nsnc45)s3)cc2)cc1. The lowest BCUT2D eigenvalue weighted by Gasteiger charge is -2.26. The fourth-order valence-corrected chi connectivity index (χ4v) is 10.2. The molecule has 0 aliphatic heterocycles. The Morgan fingerprint density at radius 2 is 1.14 bits per heavy atom. The molecule has 3 heterocycles. The van der Waals surface area contributed by atoms with E-state index in [1.54, 1.807) is 17.4 Å². The molecule has 0 aliphatic rings. The molecule has 2 unspecified atom stereocenters. The van der Waals surface area contributed by atoms with E-state index < -0.39 is 5.97 Å². The number of aliphatic carboxylic acids is 1. The molecular formula is C52H54N4O4S3. The molecule has 0 radical (unpaired) electrons. The third-order valence-corrected chi connectivity index (χ3v) is 14.2. The van der Waals surface area contributed by atoms with Gasteiger partial charge in [-0.2, -0.15) is 14.0 Å². The Labute approximate surface area is 383 Å². The number of rotatable bonds is 22. The second kappa shape index (κ2) is 22.0. The van der Waals surface area contributed by atoms with Crippen LogP contribution in [0.1, 0.15) is 83.9 Å². The van der Waals surface area contributed by atoms with Gasteiger partial charge in [0, 0.05) is 47.7 Å². The van der Waals surface area contributed by atoms with Crippen LogP contribution in [0, 0.1) is 23.2 Å². The summed E-state index contributed by atoms with van der Waals surface area (Å²) in [6.45, 7) is 10.5. The average molecular weight is 895 g/mol. The van der Waals surface area contributed by atoms with E-state index in [2.05, 4.69) is 128 Å². The van der Waals surface area contributed by atoms with Gasteiger partial charge < -0.3 is 19.5 Å². The van der Waals surface area contributed by atoms with Crippen molar-refractivity contribution in [1.82, 2.24) is 8.75 Å². The minimum Gasteiger partial charge on any atom is -0.493 e. The van der Waals surface area contributed by atoms with Crippen molar-refractivity contribution in [3.05, 3.63) is 120 Å². The third kappa shape index (κ3) is 11.2. The molecule has 0 fully saturated rings. The minimum absolute atomic E-state index is 0.303. The summed E-state index contributed by atoms with van der Waals surface area (Å²) in [6.07, 6.45) is 10.9. The maximum atomic E-state index is 11.4. The van der Waals surface area contributed by atoms with Crippen molar-refractivity contribution in [3.8, 4) is 48.9 Å². The standard InChI is InChI=1S/C52H54N4O4S3/c1-5-9-11-35(7-3)33-59-42-21-17-40(18-22-42)56(41-19-23-43(24-20-41)60-34-36(8-4)12-10-6-2)39-15-13-37(14-16-39)47-29-30-49(62-47)46-27-26-45(50-51(46)55-63-54-50)48-28-25-44(61-48)31-38(32-53)52(57)58/h13-31,35-36H,5-12,33-34H2,1-4H3,(H,57,58)/b38-31-. The van der Waals surface area contributed by atoms with E-state index in [1.807, 2.05) is 18.2 Å². The molecule has 3 aromatic heterocycles. The third-order valence-electron chi connectivity index (χ3n) is 11.5. The number of thiophene rings is 2. The first-order chi connectivity index (χ1) is 30.8. The summed E-state index contributed by atoms with van der Waals surface area (Å²) in [5.41, 5.74) is 7.47. The van der Waals surface area contributed by atoms with Crippen molar-refractivity contribution in [2.75, 3.05) is 18.1 Å². The zero-order chi connectivity index (χ0) is 44.1. The van der Waals surface area contributed by atoms with E-state index in [0.29, 0.717) is 16.7 Å². The summed E-state index contributed by atoms with van der Waals surface area (Å²) in [5.74, 6) is 1.65. The Balaban J connectivity index is 1.12. The fourth-order valence-electron chi connectivity index (χ4n) is 7.59. The van der Waals surface area contributed by atoms with Gasteiger partial charge in [0.05, 0.1) is 24.9 Å². The number of aromatic nitrogens is 2. The highest BCUT2D eigenvalue weighted by atomic mass is 32.1. The molecule has 0 bridgehead atoms. The highest BCUT2D eigenvalue weighted by molar-refractivity contribution is 7.19. The monoisotopic (exact) mass is 894 g/mol. The summed E-state index contributed by atoms with van der Waals surface area (Å²) in [5, 5.41) is 18.5. The fraction of sp³-hybridized carbons (Fsp3) is 0.308. The van der Waals surface area contributed by atoms with E-state index in [1.165, 1.54) is 67.7 Å². The Bertz CT molecular complexity index is 2580. The van der Waals surface area contributed by atoms with Crippen molar-refractivity contribution in [2.45, 2.75) is 79.1 Å². The molecule has 2 atom stereocenters. The van der Waals surface area contributed by atoms with Crippen molar-refractivity contribution in [3.63, 3.8) is 0 Å². The van der Waals surface area contributed by atoms with Gasteiger partial charge in [-0.3, -0.25) is 0 Å². The van der Waals surface area contributed by atoms with Crippen molar-refractivity contribution < 1.29 is 19.4 Å². The lowest BCUT2D eigenvalue weighted by atomic mass is 10.0. The molecule has 1 N–H and O–H groups in total. The van der Waals surface area contributed by atoms with Crippen LogP contribution >= 0.6 is 34.4 Å². The van der Waals surface area contributed by atoms with Crippen LogP contribution in [-0.4, -0.2) is 33.0 Å². The van der Waals surface area contributed by atoms with E-state index in [9.17, 15) is 15.2 Å². The Morgan fingerprint density at radius 3 is 1.62 bits per heavy atom. The average Bonchev–Trinajstić information content (AvgIpc) is 4.12. The van der Waals surface area contributed by atoms with Gasteiger partial charge in [0.25, 0.3) is 0 Å². The second-order valence-electron chi connectivity index (χ2n) is 15.8. The van der Waals surface area contributed by atoms with Crippen LogP contribution in [0.5, 0.6) is 11.5 Å². The Kier molecular flexibility index (Phi) is 15.8. The van der Waals surface area contributed by atoms with E-state index in [0.717, 1.165) is 97.0 Å². The molecule has 11 heteroatoms. The van der Waals surface area contributed by atoms with Crippen LogP contribution in [0.2, 0.25) is 0 Å². The predicted molar refractivity (Wildman–Crippen MR) is 263 cm³/mol. The van der Waals surface area contributed by atoms with Gasteiger partial charge in [0.1, 0.15) is 34.2 Å². The Hall–Kier alpha value is -5.80. The highest BCUT2D eigenvalue weighted by Gasteiger charge is 2.19. The minimum atomic E-state index is -1.24. The van der Waals surface area contributed by atoms with Crippen molar-refractivity contribution >= 4 is 74.5 Å². The van der Waals surface area contributed by atoms with Crippen LogP contribution < -0.4 is 14.4 Å². The maximum absolute atomic E-state index is 11.4. The van der Waals surface area contributed by atoms with Crippen LogP contribution in [0.15, 0.2) is 115 Å². The molecule has 0 amide bonds. The van der Waals surface area contributed by atoms with Gasteiger partial charge in [0.15, 0.2) is 0 Å². The summed E-state index contributed by atoms with van der Waals surface area (Å²) in [6, 6.07) is 39.6. The molecule has 7 rings (SSSR count). The first kappa shape index (κ1) is 45.2. The normalized spacial score (nSPS) is 12.5. The van der Waals surface area contributed by atoms with E-state index in [-0.39, 0.29) is 5.57 Å². The number of nitrogens with zero attached hydrogens (tertiary/aromatic N) is 4. The number of ether oxygens (including phenoxy) is 2. The lowest BCUT2D eigenvalue weighted by molar-refractivity contribution is -0.132. The quantitative estimate of drug-likeness (QED) is 0.0529. The summed E-state index contributed by atoms with van der Waals surface area (Å²) in [4.78, 5) is 17.5. The van der Waals surface area contributed by atoms with Crippen LogP contribution in [0.3, 0.4) is 0 Å². The topological polar surface area (TPSA) is 109 Å². The molecule has 0 aliphatic carbocycles. The molecule has 0 saturated heterocycles. The molecule has 7 aromatic rings. The molecule has 324 valence electrons. The van der Waals surface area contributed by atoms with Crippen molar-refractivity contribution in [1.29, 1.82) is 5.26 Å². The number of hydrogen-bond acceptors (Lipinski definition) is 10. The maximum Gasteiger partial charge on any atom is 0.346 e. The highest BCUT2D eigenvalue weighted by Crippen LogP contribution is 2.43. The van der Waals surface area contributed by atoms with E-state index >= 15 is 0 Å². The van der Waals surface area contributed by atoms with Gasteiger partial charge in [-0.15, -0.1) is 22.7 Å². The first-order valence-corrected chi connectivity index (χ1v) is 24.4. The Morgan fingerprint density at radius 1 is 0.667 bits per heavy atom. The number of benzene rings is 4. The van der Waals surface area contributed by atoms with Crippen molar-refractivity contribution in [2.24, 2.45) is 11.8 Å². The molecule has 63 heavy (non-hydrogen) atoms. The number of fused-ring (bicyclic) bond motifs is 1. The number of anilines is 3. The number of nitriles is 1. The number of hydrogen-bond donors (Lipinski definition) is 1. The second-order valence-corrected chi connectivity index (χ2v) is 18.5. The molecule has 0 saturated carbocycles.